The first-order chi connectivity index (χ1) is 23.0. The molecular weight excluding hydrogens is 602 g/mol. The molecular formula is C40H26FN4OP. The maximum Gasteiger partial charge on any atom is 0.171 e. The second kappa shape index (κ2) is 12.8. The molecule has 0 aliphatic carbocycles. The van der Waals surface area contributed by atoms with Crippen molar-refractivity contribution in [2.75, 3.05) is 0 Å². The van der Waals surface area contributed by atoms with Gasteiger partial charge in [-0.2, -0.15) is 5.26 Å². The van der Waals surface area contributed by atoms with Crippen molar-refractivity contribution in [2.24, 2.45) is 0 Å². The van der Waals surface area contributed by atoms with E-state index in [1.54, 1.807) is 36.4 Å². The Balaban J connectivity index is 1.28. The van der Waals surface area contributed by atoms with Gasteiger partial charge in [-0.05, 0) is 65.7 Å². The molecule has 0 unspecified atom stereocenters. The van der Waals surface area contributed by atoms with Gasteiger partial charge >= 0.3 is 0 Å². The van der Waals surface area contributed by atoms with Crippen LogP contribution in [-0.4, -0.2) is 15.0 Å². The van der Waals surface area contributed by atoms with Gasteiger partial charge in [0, 0.05) is 32.6 Å². The van der Waals surface area contributed by atoms with Gasteiger partial charge in [-0.3, -0.25) is 0 Å². The van der Waals surface area contributed by atoms with Crippen molar-refractivity contribution in [3.63, 3.8) is 0 Å². The average molecular weight is 629 g/mol. The molecule has 0 aliphatic rings. The molecule has 0 saturated heterocycles. The van der Waals surface area contributed by atoms with E-state index in [9.17, 15) is 14.2 Å². The second-order valence-electron chi connectivity index (χ2n) is 10.9. The van der Waals surface area contributed by atoms with Crippen molar-refractivity contribution < 1.29 is 8.96 Å². The van der Waals surface area contributed by atoms with E-state index in [0.717, 1.165) is 38.2 Å². The van der Waals surface area contributed by atoms with Gasteiger partial charge in [0.05, 0.1) is 11.6 Å². The van der Waals surface area contributed by atoms with E-state index >= 15 is 0 Å². The van der Waals surface area contributed by atoms with Gasteiger partial charge in [0.15, 0.2) is 24.6 Å². The number of nitrogens with zero attached hydrogens (tertiary/aromatic N) is 4. The molecule has 0 saturated carbocycles. The molecule has 0 aliphatic heterocycles. The lowest BCUT2D eigenvalue weighted by molar-refractivity contribution is 0.592. The summed E-state index contributed by atoms with van der Waals surface area (Å²) in [6.07, 6.45) is 0. The summed E-state index contributed by atoms with van der Waals surface area (Å²) in [4.78, 5) is 14.3. The normalized spacial score (nSPS) is 11.1. The van der Waals surface area contributed by atoms with Crippen LogP contribution in [0.2, 0.25) is 0 Å². The van der Waals surface area contributed by atoms with E-state index in [1.165, 1.54) is 12.1 Å². The van der Waals surface area contributed by atoms with Crippen molar-refractivity contribution in [1.29, 1.82) is 5.26 Å². The number of benzene rings is 6. The topological polar surface area (TPSA) is 79.5 Å². The van der Waals surface area contributed by atoms with Gasteiger partial charge in [0.25, 0.3) is 0 Å². The van der Waals surface area contributed by atoms with Gasteiger partial charge in [0.1, 0.15) is 5.82 Å². The van der Waals surface area contributed by atoms with Crippen LogP contribution in [-0.2, 0) is 4.57 Å². The summed E-state index contributed by atoms with van der Waals surface area (Å²) in [7, 11) is -3.09. The molecule has 0 atom stereocenters. The zero-order chi connectivity index (χ0) is 32.2. The quantitative estimate of drug-likeness (QED) is 0.166. The second-order valence-corrected chi connectivity index (χ2v) is 13.7. The molecule has 1 heterocycles. The lowest BCUT2D eigenvalue weighted by Crippen LogP contribution is -2.24. The highest BCUT2D eigenvalue weighted by molar-refractivity contribution is 7.85. The molecule has 5 nitrogen and oxygen atoms in total. The minimum atomic E-state index is -3.09. The summed E-state index contributed by atoms with van der Waals surface area (Å²) >= 11 is 0. The molecule has 224 valence electrons. The summed E-state index contributed by atoms with van der Waals surface area (Å²) in [5.41, 5.74) is 4.56. The molecule has 0 fully saturated rings. The highest BCUT2D eigenvalue weighted by atomic mass is 31.2. The third-order valence-electron chi connectivity index (χ3n) is 7.93. The van der Waals surface area contributed by atoms with Crippen molar-refractivity contribution in [3.05, 3.63) is 169 Å². The molecule has 7 aromatic rings. The molecule has 0 bridgehead atoms. The van der Waals surface area contributed by atoms with E-state index in [2.05, 4.69) is 6.07 Å². The van der Waals surface area contributed by atoms with E-state index in [-0.39, 0.29) is 5.82 Å². The third-order valence-corrected chi connectivity index (χ3v) is 11.0. The van der Waals surface area contributed by atoms with Crippen molar-refractivity contribution in [3.8, 4) is 51.4 Å². The molecule has 7 rings (SSSR count). The molecule has 1 aromatic heterocycles. The Hall–Kier alpha value is -6.02. The number of rotatable bonds is 7. The first-order valence-corrected chi connectivity index (χ1v) is 16.7. The maximum atomic E-state index is 14.8. The predicted molar refractivity (Wildman–Crippen MR) is 186 cm³/mol. The Morgan fingerprint density at radius 3 is 1.45 bits per heavy atom. The number of hydrogen-bond acceptors (Lipinski definition) is 5. The van der Waals surface area contributed by atoms with Gasteiger partial charge in [0.2, 0.25) is 0 Å². The zero-order valence-corrected chi connectivity index (χ0v) is 25.9. The molecule has 7 heteroatoms. The SMILES string of the molecule is N#Cc1ccc(-c2nc(-c3ccc(F)cc3)nc(-c3cccc(-c4ccc(P(=O)(c5ccccc5)c5ccccc5)cc4)c3)n2)cc1. The van der Waals surface area contributed by atoms with E-state index in [4.69, 9.17) is 15.0 Å². The fraction of sp³-hybridized carbons (Fsp3) is 0. The van der Waals surface area contributed by atoms with Crippen LogP contribution in [0.25, 0.3) is 45.3 Å². The number of hydrogen-bond donors (Lipinski definition) is 0. The summed E-state index contributed by atoms with van der Waals surface area (Å²) in [5, 5.41) is 11.6. The molecule has 0 radical (unpaired) electrons. The van der Waals surface area contributed by atoms with Crippen LogP contribution >= 0.6 is 7.14 Å². The largest absolute Gasteiger partial charge is 0.309 e. The van der Waals surface area contributed by atoms with Gasteiger partial charge in [-0.25, -0.2) is 19.3 Å². The molecule has 47 heavy (non-hydrogen) atoms. The Bertz CT molecular complexity index is 2230. The minimum absolute atomic E-state index is 0.349. The van der Waals surface area contributed by atoms with Crippen LogP contribution in [0.3, 0.4) is 0 Å². The summed E-state index contributed by atoms with van der Waals surface area (Å²) in [6, 6.07) is 50.2. The zero-order valence-electron chi connectivity index (χ0n) is 25.0. The Morgan fingerprint density at radius 1 is 0.468 bits per heavy atom. The van der Waals surface area contributed by atoms with Gasteiger partial charge in [-0.15, -0.1) is 0 Å². The third kappa shape index (κ3) is 6.01. The summed E-state index contributed by atoms with van der Waals surface area (Å²) < 4.78 is 28.5. The fourth-order valence-corrected chi connectivity index (χ4v) is 8.13. The van der Waals surface area contributed by atoms with E-state index < -0.39 is 7.14 Å². The Labute approximate surface area is 272 Å². The highest BCUT2D eigenvalue weighted by Crippen LogP contribution is 2.42. The van der Waals surface area contributed by atoms with Crippen LogP contribution in [0.1, 0.15) is 5.56 Å². The standard InChI is InChI=1S/C40H26FN4OP/c41-34-22-18-31(19-23-34)39-43-38(30-16-14-28(27-42)15-17-30)44-40(45-39)33-9-7-8-32(26-33)29-20-24-37(25-21-29)47(46,35-10-3-1-4-11-35)36-12-5-2-6-13-36/h1-26H. The van der Waals surface area contributed by atoms with Crippen molar-refractivity contribution >= 4 is 23.1 Å². The average Bonchev–Trinajstić information content (AvgIpc) is 3.15. The summed E-state index contributed by atoms with van der Waals surface area (Å²) in [5.74, 6) is 0.945. The molecule has 6 aromatic carbocycles. The number of aromatic nitrogens is 3. The van der Waals surface area contributed by atoms with Gasteiger partial charge in [-0.1, -0.05) is 103 Å². The Kier molecular flexibility index (Phi) is 8.06. The number of nitriles is 1. The maximum absolute atomic E-state index is 14.8. The van der Waals surface area contributed by atoms with Crippen LogP contribution in [0.15, 0.2) is 158 Å². The first-order valence-electron chi connectivity index (χ1n) is 15.0. The van der Waals surface area contributed by atoms with E-state index in [1.807, 2.05) is 109 Å². The van der Waals surface area contributed by atoms with E-state index in [0.29, 0.717) is 28.6 Å². The van der Waals surface area contributed by atoms with Crippen molar-refractivity contribution in [1.82, 2.24) is 15.0 Å². The fourth-order valence-electron chi connectivity index (χ4n) is 5.48. The molecule has 0 spiro atoms. The highest BCUT2D eigenvalue weighted by Gasteiger charge is 2.29. The van der Waals surface area contributed by atoms with Crippen LogP contribution in [0, 0.1) is 17.1 Å². The van der Waals surface area contributed by atoms with Crippen LogP contribution in [0.5, 0.6) is 0 Å². The van der Waals surface area contributed by atoms with Crippen LogP contribution < -0.4 is 15.9 Å². The van der Waals surface area contributed by atoms with Crippen LogP contribution in [0.4, 0.5) is 4.39 Å². The summed E-state index contributed by atoms with van der Waals surface area (Å²) in [6.45, 7) is 0. The monoisotopic (exact) mass is 628 g/mol. The first kappa shape index (κ1) is 29.7. The van der Waals surface area contributed by atoms with Gasteiger partial charge < -0.3 is 4.57 Å². The lowest BCUT2D eigenvalue weighted by Gasteiger charge is -2.20. The van der Waals surface area contributed by atoms with Crippen molar-refractivity contribution in [2.45, 2.75) is 0 Å². The smallest absolute Gasteiger partial charge is 0.171 e. The molecule has 0 amide bonds. The number of halogens is 1. The predicted octanol–water partition coefficient (Wildman–Crippen LogP) is 8.19. The lowest BCUT2D eigenvalue weighted by atomic mass is 10.0. The molecule has 0 N–H and O–H groups in total. The minimum Gasteiger partial charge on any atom is -0.309 e. The Morgan fingerprint density at radius 2 is 0.915 bits per heavy atom.